The van der Waals surface area contributed by atoms with Crippen molar-refractivity contribution < 1.29 is 0 Å². The summed E-state index contributed by atoms with van der Waals surface area (Å²) in [7, 11) is 0. The molecule has 0 nitrogen and oxygen atoms in total. The van der Waals surface area contributed by atoms with Crippen LogP contribution in [0.4, 0.5) is 0 Å². The average molecular weight is 191 g/mol. The minimum Gasteiger partial charge on any atom is -0.0879 e. The summed E-state index contributed by atoms with van der Waals surface area (Å²) in [6.07, 6.45) is 11.3. The van der Waals surface area contributed by atoms with E-state index in [1.807, 2.05) is 6.08 Å². The lowest BCUT2D eigenvalue weighted by Crippen LogP contribution is -1.89. The fourth-order valence-corrected chi connectivity index (χ4v) is 1.63. The normalized spacial score (nSPS) is 24.4. The molecule has 0 heterocycles. The summed E-state index contributed by atoms with van der Waals surface area (Å²) in [4.78, 5) is 0. The molecule has 0 radical (unpaired) electrons. The molecule has 2 heteroatoms. The number of halogens is 2. The largest absolute Gasteiger partial charge is 0.103 e. The summed E-state index contributed by atoms with van der Waals surface area (Å²) in [5.41, 5.74) is 0. The van der Waals surface area contributed by atoms with E-state index in [1.165, 1.54) is 25.7 Å². The molecule has 11 heavy (non-hydrogen) atoms. The lowest BCUT2D eigenvalue weighted by atomic mass is 10.0. The Labute approximate surface area is 77.9 Å². The van der Waals surface area contributed by atoms with Gasteiger partial charge in [0.15, 0.2) is 0 Å². The number of rotatable bonds is 1. The van der Waals surface area contributed by atoms with E-state index in [0.29, 0.717) is 10.4 Å². The average Bonchev–Trinajstić information content (AvgIpc) is 2.14. The topological polar surface area (TPSA) is 0 Å². The Hall–Kier alpha value is 0.0600. The zero-order chi connectivity index (χ0) is 8.10. The quantitative estimate of drug-likeness (QED) is 0.548. The van der Waals surface area contributed by atoms with Crippen LogP contribution in [0.25, 0.3) is 0 Å². The summed E-state index contributed by atoms with van der Waals surface area (Å²) < 4.78 is 0.390. The van der Waals surface area contributed by atoms with Crippen LogP contribution in [0.15, 0.2) is 22.7 Å². The molecule has 0 spiro atoms. The van der Waals surface area contributed by atoms with Crippen LogP contribution >= 0.6 is 23.2 Å². The molecule has 1 unspecified atom stereocenters. The van der Waals surface area contributed by atoms with Crippen molar-refractivity contribution in [3.63, 3.8) is 0 Å². The maximum Gasteiger partial charge on any atom is 0.103 e. The van der Waals surface area contributed by atoms with E-state index >= 15 is 0 Å². The number of hydrogen-bond donors (Lipinski definition) is 0. The van der Waals surface area contributed by atoms with Gasteiger partial charge in [-0.2, -0.15) is 0 Å². The Balaban J connectivity index is 2.49. The molecule has 62 valence electrons. The zero-order valence-electron chi connectivity index (χ0n) is 6.39. The minimum absolute atomic E-state index is 0.390. The Kier molecular flexibility index (Phi) is 4.03. The molecule has 0 aromatic rings. The van der Waals surface area contributed by atoms with Crippen LogP contribution in [0.5, 0.6) is 0 Å². The first-order valence-electron chi connectivity index (χ1n) is 3.98. The van der Waals surface area contributed by atoms with Crippen molar-refractivity contribution in [3.8, 4) is 0 Å². The van der Waals surface area contributed by atoms with Crippen LogP contribution in [0.3, 0.4) is 0 Å². The van der Waals surface area contributed by atoms with Crippen molar-refractivity contribution in [2.45, 2.75) is 25.7 Å². The molecule has 1 atom stereocenters. The second kappa shape index (κ2) is 4.84. The molecule has 0 aromatic heterocycles. The lowest BCUT2D eigenvalue weighted by Gasteiger charge is -2.02. The van der Waals surface area contributed by atoms with E-state index in [4.69, 9.17) is 23.2 Å². The second-order valence-corrected chi connectivity index (χ2v) is 3.84. The van der Waals surface area contributed by atoms with Crippen molar-refractivity contribution in [1.82, 2.24) is 0 Å². The lowest BCUT2D eigenvalue weighted by molar-refractivity contribution is 0.645. The highest BCUT2D eigenvalue weighted by Crippen LogP contribution is 2.21. The smallest absolute Gasteiger partial charge is 0.0879 e. The summed E-state index contributed by atoms with van der Waals surface area (Å²) in [5.74, 6) is 0.461. The van der Waals surface area contributed by atoms with Crippen LogP contribution in [-0.2, 0) is 0 Å². The first-order valence-corrected chi connectivity index (χ1v) is 4.74. The van der Waals surface area contributed by atoms with Crippen molar-refractivity contribution >= 4 is 23.2 Å². The highest BCUT2D eigenvalue weighted by Gasteiger charge is 2.04. The maximum absolute atomic E-state index is 5.56. The van der Waals surface area contributed by atoms with Gasteiger partial charge in [-0.1, -0.05) is 41.8 Å². The van der Waals surface area contributed by atoms with Gasteiger partial charge in [0.2, 0.25) is 0 Å². The van der Waals surface area contributed by atoms with Crippen molar-refractivity contribution in [2.75, 3.05) is 0 Å². The SMILES string of the molecule is ClC(Cl)=CC1C=CCCCC1. The van der Waals surface area contributed by atoms with Gasteiger partial charge in [0.25, 0.3) is 0 Å². The first kappa shape index (κ1) is 9.15. The van der Waals surface area contributed by atoms with Crippen LogP contribution in [0.2, 0.25) is 0 Å². The Morgan fingerprint density at radius 1 is 1.36 bits per heavy atom. The van der Waals surface area contributed by atoms with Crippen LogP contribution in [0, 0.1) is 5.92 Å². The highest BCUT2D eigenvalue weighted by molar-refractivity contribution is 6.55. The van der Waals surface area contributed by atoms with Gasteiger partial charge in [-0.05, 0) is 31.3 Å². The standard InChI is InChI=1S/C9H12Cl2/c10-9(11)7-8-5-3-1-2-4-6-8/h3,5,7-8H,1-2,4,6H2. The third kappa shape index (κ3) is 3.83. The van der Waals surface area contributed by atoms with Crippen molar-refractivity contribution in [2.24, 2.45) is 5.92 Å². The van der Waals surface area contributed by atoms with Gasteiger partial charge in [0, 0.05) is 0 Å². The molecule has 0 aromatic carbocycles. The summed E-state index contributed by atoms with van der Waals surface area (Å²) in [6.45, 7) is 0. The van der Waals surface area contributed by atoms with Gasteiger partial charge in [0.1, 0.15) is 4.49 Å². The predicted molar refractivity (Wildman–Crippen MR) is 50.9 cm³/mol. The highest BCUT2D eigenvalue weighted by atomic mass is 35.5. The molecule has 1 rings (SSSR count). The van der Waals surface area contributed by atoms with Gasteiger partial charge in [0.05, 0.1) is 0 Å². The molecular weight excluding hydrogens is 179 g/mol. The Morgan fingerprint density at radius 3 is 2.91 bits per heavy atom. The summed E-state index contributed by atoms with van der Waals surface area (Å²) in [6, 6.07) is 0. The van der Waals surface area contributed by atoms with E-state index in [0.717, 1.165) is 0 Å². The molecule has 1 aliphatic rings. The van der Waals surface area contributed by atoms with Gasteiger partial charge in [-0.3, -0.25) is 0 Å². The third-order valence-electron chi connectivity index (χ3n) is 1.88. The zero-order valence-corrected chi connectivity index (χ0v) is 7.91. The van der Waals surface area contributed by atoms with E-state index in [-0.39, 0.29) is 0 Å². The molecule has 0 amide bonds. The summed E-state index contributed by atoms with van der Waals surface area (Å²) in [5, 5.41) is 0. The van der Waals surface area contributed by atoms with Crippen LogP contribution in [0.1, 0.15) is 25.7 Å². The summed E-state index contributed by atoms with van der Waals surface area (Å²) >= 11 is 11.1. The number of allylic oxidation sites excluding steroid dienone is 3. The minimum atomic E-state index is 0.390. The predicted octanol–water partition coefficient (Wildman–Crippen LogP) is 4.05. The van der Waals surface area contributed by atoms with E-state index in [1.54, 1.807) is 0 Å². The molecule has 1 aliphatic carbocycles. The van der Waals surface area contributed by atoms with Gasteiger partial charge in [-0.15, -0.1) is 0 Å². The molecular formula is C9H12Cl2. The van der Waals surface area contributed by atoms with E-state index in [9.17, 15) is 0 Å². The van der Waals surface area contributed by atoms with E-state index < -0.39 is 0 Å². The third-order valence-corrected chi connectivity index (χ3v) is 2.13. The fourth-order valence-electron chi connectivity index (χ4n) is 1.31. The van der Waals surface area contributed by atoms with Crippen LogP contribution in [-0.4, -0.2) is 0 Å². The Bertz CT molecular complexity index is 166. The van der Waals surface area contributed by atoms with Gasteiger partial charge in [-0.25, -0.2) is 0 Å². The van der Waals surface area contributed by atoms with Gasteiger partial charge < -0.3 is 0 Å². The number of hydrogen-bond acceptors (Lipinski definition) is 0. The first-order chi connectivity index (χ1) is 5.29. The molecule has 0 saturated heterocycles. The molecule has 0 bridgehead atoms. The van der Waals surface area contributed by atoms with Crippen LogP contribution < -0.4 is 0 Å². The maximum atomic E-state index is 5.56. The molecule has 0 N–H and O–H groups in total. The van der Waals surface area contributed by atoms with Crippen molar-refractivity contribution in [3.05, 3.63) is 22.7 Å². The van der Waals surface area contributed by atoms with E-state index in [2.05, 4.69) is 12.2 Å². The fraction of sp³-hybridized carbons (Fsp3) is 0.556. The van der Waals surface area contributed by atoms with Gasteiger partial charge >= 0.3 is 0 Å². The Morgan fingerprint density at radius 2 is 2.18 bits per heavy atom. The van der Waals surface area contributed by atoms with Crippen molar-refractivity contribution in [1.29, 1.82) is 0 Å². The molecule has 0 fully saturated rings. The monoisotopic (exact) mass is 190 g/mol. The molecule has 0 saturated carbocycles. The second-order valence-electron chi connectivity index (χ2n) is 2.83. The molecule has 0 aliphatic heterocycles.